The highest BCUT2D eigenvalue weighted by molar-refractivity contribution is 6.09. The normalized spacial score (nSPS) is 18.3. The van der Waals surface area contributed by atoms with E-state index in [2.05, 4.69) is 56.0 Å². The molecule has 2 unspecified atom stereocenters. The van der Waals surface area contributed by atoms with Crippen molar-refractivity contribution in [2.75, 3.05) is 27.3 Å². The molecule has 0 bridgehead atoms. The predicted molar refractivity (Wildman–Crippen MR) is 171 cm³/mol. The Morgan fingerprint density at radius 3 is 2.39 bits per heavy atom. The lowest BCUT2D eigenvalue weighted by Crippen LogP contribution is -2.43. The van der Waals surface area contributed by atoms with Gasteiger partial charge < -0.3 is 14.2 Å². The van der Waals surface area contributed by atoms with Crippen LogP contribution in [0.1, 0.15) is 76.0 Å². The van der Waals surface area contributed by atoms with Crippen LogP contribution in [0.5, 0.6) is 5.75 Å². The van der Waals surface area contributed by atoms with Gasteiger partial charge >= 0.3 is 11.9 Å². The third-order valence-corrected chi connectivity index (χ3v) is 8.75. The Labute approximate surface area is 262 Å². The minimum Gasteiger partial charge on any atom is -0.489 e. The Kier molecular flexibility index (Phi) is 11.6. The molecule has 0 spiro atoms. The number of nitrogens with zero attached hydrogens (tertiary/aromatic N) is 1. The molecular formula is C37H47NO6. The lowest BCUT2D eigenvalue weighted by atomic mass is 9.76. The van der Waals surface area contributed by atoms with Gasteiger partial charge in [-0.2, -0.15) is 0 Å². The van der Waals surface area contributed by atoms with Crippen molar-refractivity contribution in [3.63, 3.8) is 0 Å². The van der Waals surface area contributed by atoms with Crippen LogP contribution in [-0.4, -0.2) is 56.0 Å². The van der Waals surface area contributed by atoms with Crippen LogP contribution in [0.25, 0.3) is 0 Å². The third kappa shape index (κ3) is 8.47. The number of para-hydroxylation sites is 1. The second-order valence-corrected chi connectivity index (χ2v) is 12.7. The number of rotatable bonds is 13. The van der Waals surface area contributed by atoms with Crippen molar-refractivity contribution < 1.29 is 28.6 Å². The summed E-state index contributed by atoms with van der Waals surface area (Å²) in [5.41, 5.74) is 5.61. The maximum absolute atomic E-state index is 12.7. The first-order chi connectivity index (χ1) is 21.1. The number of hydrogen-bond acceptors (Lipinski definition) is 7. The Hall–Kier alpha value is -3.71. The monoisotopic (exact) mass is 601 g/mol. The van der Waals surface area contributed by atoms with Crippen molar-refractivity contribution in [3.05, 3.63) is 88.5 Å². The van der Waals surface area contributed by atoms with E-state index in [1.54, 1.807) is 0 Å². The van der Waals surface area contributed by atoms with Crippen molar-refractivity contribution in [3.8, 4) is 5.75 Å². The van der Waals surface area contributed by atoms with Gasteiger partial charge in [-0.25, -0.2) is 0 Å². The van der Waals surface area contributed by atoms with E-state index in [1.165, 1.54) is 25.9 Å². The van der Waals surface area contributed by atoms with Gasteiger partial charge in [0.1, 0.15) is 18.3 Å². The summed E-state index contributed by atoms with van der Waals surface area (Å²) < 4.78 is 16.2. The SMILES string of the molecule is COC(=O)CCCCN(CCc1ccccc1OCc1ccc(C(C)(C)C)cc1)C1CCCC2=C1C=CC(=O)C2C(=O)OC. The van der Waals surface area contributed by atoms with E-state index in [4.69, 9.17) is 14.2 Å². The quantitative estimate of drug-likeness (QED) is 0.147. The highest BCUT2D eigenvalue weighted by Crippen LogP contribution is 2.38. The van der Waals surface area contributed by atoms with Crippen LogP contribution in [-0.2, 0) is 42.3 Å². The Balaban J connectivity index is 1.50. The summed E-state index contributed by atoms with van der Waals surface area (Å²) in [7, 11) is 2.75. The number of esters is 2. The molecule has 0 N–H and O–H groups in total. The first kappa shape index (κ1) is 33.2. The van der Waals surface area contributed by atoms with Crippen LogP contribution in [0.3, 0.4) is 0 Å². The van der Waals surface area contributed by atoms with Crippen molar-refractivity contribution in [2.24, 2.45) is 5.92 Å². The molecule has 2 atom stereocenters. The fraction of sp³-hybridized carbons (Fsp3) is 0.486. The number of hydrogen-bond donors (Lipinski definition) is 0. The van der Waals surface area contributed by atoms with Crippen molar-refractivity contribution in [2.45, 2.75) is 83.8 Å². The Bertz CT molecular complexity index is 1370. The summed E-state index contributed by atoms with van der Waals surface area (Å²) >= 11 is 0. The lowest BCUT2D eigenvalue weighted by molar-refractivity contribution is -0.147. The number of carbonyl (C=O) groups excluding carboxylic acids is 3. The van der Waals surface area contributed by atoms with Crippen molar-refractivity contribution in [1.29, 1.82) is 0 Å². The Morgan fingerprint density at radius 2 is 1.68 bits per heavy atom. The highest BCUT2D eigenvalue weighted by atomic mass is 16.5. The molecule has 0 aromatic heterocycles. The summed E-state index contributed by atoms with van der Waals surface area (Å²) in [4.78, 5) is 39.5. The lowest BCUT2D eigenvalue weighted by Gasteiger charge is -2.39. The van der Waals surface area contributed by atoms with Crippen molar-refractivity contribution in [1.82, 2.24) is 4.90 Å². The van der Waals surface area contributed by atoms with Gasteiger partial charge in [-0.15, -0.1) is 0 Å². The standard InChI is InChI=1S/C37H47NO6/c1-37(2,3)28-18-16-26(17-19-28)25-44-33-14-7-6-11-27(33)22-24-38(23-9-8-15-34(40)42-4)31-13-10-12-30-29(31)20-21-32(39)35(30)36(41)43-5/h6-7,11,14,16-21,31,35H,8-10,12-13,15,22-25H2,1-5H3. The number of carbonyl (C=O) groups is 3. The maximum Gasteiger partial charge on any atom is 0.320 e. The van der Waals surface area contributed by atoms with Gasteiger partial charge in [-0.05, 0) is 90.5 Å². The molecule has 7 heteroatoms. The number of ether oxygens (including phenoxy) is 3. The van der Waals surface area contributed by atoms with Gasteiger partial charge in [0.05, 0.1) is 14.2 Å². The predicted octanol–water partition coefficient (Wildman–Crippen LogP) is 6.53. The summed E-state index contributed by atoms with van der Waals surface area (Å²) in [5.74, 6) is -0.879. The third-order valence-electron chi connectivity index (χ3n) is 8.75. The second kappa shape index (κ2) is 15.3. The van der Waals surface area contributed by atoms with E-state index in [9.17, 15) is 14.4 Å². The average Bonchev–Trinajstić information content (AvgIpc) is 3.02. The van der Waals surface area contributed by atoms with Crippen LogP contribution in [0.15, 0.2) is 71.8 Å². The van der Waals surface area contributed by atoms with E-state index in [0.29, 0.717) is 19.4 Å². The zero-order valence-corrected chi connectivity index (χ0v) is 26.9. The fourth-order valence-electron chi connectivity index (χ4n) is 6.21. The molecular weight excluding hydrogens is 554 g/mol. The number of allylic oxidation sites excluding steroid dienone is 1. The Morgan fingerprint density at radius 1 is 0.932 bits per heavy atom. The van der Waals surface area contributed by atoms with Crippen LogP contribution in [0.2, 0.25) is 0 Å². The number of benzene rings is 2. The highest BCUT2D eigenvalue weighted by Gasteiger charge is 2.38. The molecule has 2 aliphatic rings. The van der Waals surface area contributed by atoms with Crippen LogP contribution < -0.4 is 4.74 Å². The minimum absolute atomic E-state index is 0.0720. The summed E-state index contributed by atoms with van der Waals surface area (Å²) in [5, 5.41) is 0. The molecule has 0 saturated heterocycles. The van der Waals surface area contributed by atoms with Gasteiger partial charge in [0.25, 0.3) is 0 Å². The first-order valence-electron chi connectivity index (χ1n) is 15.8. The topological polar surface area (TPSA) is 82.1 Å². The average molecular weight is 602 g/mol. The molecule has 0 saturated carbocycles. The van der Waals surface area contributed by atoms with Gasteiger partial charge in [0.15, 0.2) is 5.78 Å². The largest absolute Gasteiger partial charge is 0.489 e. The van der Waals surface area contributed by atoms with Crippen molar-refractivity contribution >= 4 is 17.7 Å². The van der Waals surface area contributed by atoms with Crippen LogP contribution in [0, 0.1) is 5.92 Å². The summed E-state index contributed by atoms with van der Waals surface area (Å²) in [6, 6.07) is 16.9. The molecule has 0 amide bonds. The maximum atomic E-state index is 12.7. The minimum atomic E-state index is -0.851. The molecule has 7 nitrogen and oxygen atoms in total. The first-order valence-corrected chi connectivity index (χ1v) is 15.8. The zero-order valence-electron chi connectivity index (χ0n) is 26.9. The van der Waals surface area contributed by atoms with E-state index < -0.39 is 11.9 Å². The summed E-state index contributed by atoms with van der Waals surface area (Å²) in [6.45, 7) is 8.68. The second-order valence-electron chi connectivity index (χ2n) is 12.7. The van der Waals surface area contributed by atoms with Gasteiger partial charge in [-0.3, -0.25) is 19.3 Å². The molecule has 4 rings (SSSR count). The van der Waals surface area contributed by atoms with E-state index in [0.717, 1.165) is 73.2 Å². The fourth-order valence-corrected chi connectivity index (χ4v) is 6.21. The molecule has 2 aromatic rings. The number of methoxy groups -OCH3 is 2. The van der Waals surface area contributed by atoms with E-state index in [1.807, 2.05) is 24.3 Å². The zero-order chi connectivity index (χ0) is 31.7. The molecule has 0 heterocycles. The molecule has 0 fully saturated rings. The van der Waals surface area contributed by atoms with Gasteiger partial charge in [-0.1, -0.05) is 69.3 Å². The van der Waals surface area contributed by atoms with Crippen LogP contribution >= 0.6 is 0 Å². The van der Waals surface area contributed by atoms with E-state index >= 15 is 0 Å². The molecule has 236 valence electrons. The number of ketones is 1. The van der Waals surface area contributed by atoms with Crippen LogP contribution in [0.4, 0.5) is 0 Å². The molecule has 44 heavy (non-hydrogen) atoms. The van der Waals surface area contributed by atoms with Gasteiger partial charge in [0.2, 0.25) is 0 Å². The molecule has 0 aliphatic heterocycles. The molecule has 0 radical (unpaired) electrons. The molecule has 2 aliphatic carbocycles. The number of unbranched alkanes of at least 4 members (excludes halogenated alkanes) is 1. The smallest absolute Gasteiger partial charge is 0.320 e. The van der Waals surface area contributed by atoms with Gasteiger partial charge in [0, 0.05) is 19.0 Å². The van der Waals surface area contributed by atoms with E-state index in [-0.39, 0.29) is 23.2 Å². The summed E-state index contributed by atoms with van der Waals surface area (Å²) in [6.07, 6.45) is 8.71. The molecule has 2 aromatic carbocycles.